The largest absolute Gasteiger partial charge is 0.0879 e. The zero-order valence-electron chi connectivity index (χ0n) is 8.43. The van der Waals surface area contributed by atoms with Crippen molar-refractivity contribution in [1.82, 2.24) is 0 Å². The Morgan fingerprint density at radius 2 is 1.62 bits per heavy atom. The highest BCUT2D eigenvalue weighted by molar-refractivity contribution is 5.42. The number of allylic oxidation sites excluding steroid dienone is 2. The van der Waals surface area contributed by atoms with Crippen LogP contribution in [-0.2, 0) is 12.8 Å². The molecule has 13 heavy (non-hydrogen) atoms. The fraction of sp³-hybridized carbons (Fsp3) is 0.385. The molecule has 0 heteroatoms. The van der Waals surface area contributed by atoms with Crippen LogP contribution < -0.4 is 0 Å². The van der Waals surface area contributed by atoms with E-state index in [0.717, 1.165) is 6.42 Å². The number of aryl methyl sites for hydroxylation is 2. The first-order valence-corrected chi connectivity index (χ1v) is 5.02. The monoisotopic (exact) mass is 172 g/mol. The highest BCUT2D eigenvalue weighted by atomic mass is 14.1. The molecule has 0 saturated heterocycles. The second kappa shape index (κ2) is 3.37. The van der Waals surface area contributed by atoms with Crippen LogP contribution in [0, 0.1) is 13.8 Å². The smallest absolute Gasteiger partial charge is 0.00920 e. The third-order valence-electron chi connectivity index (χ3n) is 2.95. The lowest BCUT2D eigenvalue weighted by Gasteiger charge is -2.11. The molecule has 0 bridgehead atoms. The molecule has 0 radical (unpaired) electrons. The van der Waals surface area contributed by atoms with Crippen molar-refractivity contribution in [3.05, 3.63) is 46.5 Å². The van der Waals surface area contributed by atoms with E-state index in [4.69, 9.17) is 0 Å². The second-order valence-electron chi connectivity index (χ2n) is 3.87. The minimum absolute atomic E-state index is 1.13. The van der Waals surface area contributed by atoms with Crippen LogP contribution in [0.2, 0.25) is 0 Å². The van der Waals surface area contributed by atoms with E-state index in [1.807, 2.05) is 0 Å². The molecule has 0 spiro atoms. The van der Waals surface area contributed by atoms with Gasteiger partial charge in [0, 0.05) is 0 Å². The summed E-state index contributed by atoms with van der Waals surface area (Å²) < 4.78 is 0. The van der Waals surface area contributed by atoms with E-state index in [1.165, 1.54) is 24.0 Å². The molecule has 68 valence electrons. The summed E-state index contributed by atoms with van der Waals surface area (Å²) in [7, 11) is 0. The number of benzene rings is 1. The summed E-state index contributed by atoms with van der Waals surface area (Å²) in [5.41, 5.74) is 6.06. The van der Waals surface area contributed by atoms with Gasteiger partial charge in [-0.25, -0.2) is 0 Å². The Morgan fingerprint density at radius 1 is 0.923 bits per heavy atom. The summed E-state index contributed by atoms with van der Waals surface area (Å²) in [6.07, 6.45) is 8.16. The molecule has 1 aromatic rings. The maximum Gasteiger partial charge on any atom is -0.00920 e. The van der Waals surface area contributed by atoms with Crippen molar-refractivity contribution in [3.63, 3.8) is 0 Å². The van der Waals surface area contributed by atoms with Crippen LogP contribution in [0.1, 0.15) is 28.7 Å². The highest BCUT2D eigenvalue weighted by Crippen LogP contribution is 2.23. The van der Waals surface area contributed by atoms with Gasteiger partial charge in [0.15, 0.2) is 0 Å². The van der Waals surface area contributed by atoms with Crippen LogP contribution in [-0.4, -0.2) is 0 Å². The van der Waals surface area contributed by atoms with Gasteiger partial charge in [0.05, 0.1) is 0 Å². The van der Waals surface area contributed by atoms with Gasteiger partial charge < -0.3 is 0 Å². The average molecular weight is 172 g/mol. The molecule has 2 rings (SSSR count). The molecule has 0 atom stereocenters. The highest BCUT2D eigenvalue weighted by Gasteiger charge is 2.08. The number of rotatable bonds is 0. The van der Waals surface area contributed by atoms with Crippen LogP contribution in [0.15, 0.2) is 24.3 Å². The van der Waals surface area contributed by atoms with Crippen LogP contribution >= 0.6 is 0 Å². The molecule has 0 N–H and O–H groups in total. The predicted molar refractivity (Wildman–Crippen MR) is 57.1 cm³/mol. The molecule has 0 aliphatic heterocycles. The third kappa shape index (κ3) is 1.53. The first kappa shape index (κ1) is 8.55. The Bertz CT molecular complexity index is 345. The molecule has 0 saturated carbocycles. The minimum Gasteiger partial charge on any atom is -0.0879 e. The molecule has 0 unspecified atom stereocenters. The topological polar surface area (TPSA) is 0 Å². The maximum atomic E-state index is 2.30. The van der Waals surface area contributed by atoms with E-state index in [1.54, 1.807) is 11.1 Å². The molecule has 0 amide bonds. The Balaban J connectivity index is 2.56. The Kier molecular flexibility index (Phi) is 2.22. The molecule has 1 aliphatic carbocycles. The van der Waals surface area contributed by atoms with Gasteiger partial charge in [0.1, 0.15) is 0 Å². The van der Waals surface area contributed by atoms with E-state index >= 15 is 0 Å². The van der Waals surface area contributed by atoms with Gasteiger partial charge in [0.2, 0.25) is 0 Å². The lowest BCUT2D eigenvalue weighted by atomic mass is 9.94. The average Bonchev–Trinajstić information content (AvgIpc) is 2.37. The van der Waals surface area contributed by atoms with Gasteiger partial charge in [-0.2, -0.15) is 0 Å². The van der Waals surface area contributed by atoms with Crippen LogP contribution in [0.5, 0.6) is 0 Å². The van der Waals surface area contributed by atoms with Gasteiger partial charge in [-0.15, -0.1) is 0 Å². The summed E-state index contributed by atoms with van der Waals surface area (Å²) >= 11 is 0. The first-order valence-electron chi connectivity index (χ1n) is 5.02. The minimum atomic E-state index is 1.13. The quantitative estimate of drug-likeness (QED) is 0.526. The Morgan fingerprint density at radius 3 is 2.38 bits per heavy atom. The molecule has 0 fully saturated rings. The van der Waals surface area contributed by atoms with Crippen molar-refractivity contribution in [2.45, 2.75) is 33.1 Å². The van der Waals surface area contributed by atoms with E-state index in [-0.39, 0.29) is 0 Å². The van der Waals surface area contributed by atoms with Crippen molar-refractivity contribution in [2.24, 2.45) is 0 Å². The SMILES string of the molecule is Cc1ccc(C)c2c1CC=CCC2. The molecule has 1 aromatic carbocycles. The lowest BCUT2D eigenvalue weighted by molar-refractivity contribution is 0.978. The zero-order valence-corrected chi connectivity index (χ0v) is 8.43. The van der Waals surface area contributed by atoms with Crippen molar-refractivity contribution >= 4 is 0 Å². The summed E-state index contributed by atoms with van der Waals surface area (Å²) in [5.74, 6) is 0. The fourth-order valence-electron chi connectivity index (χ4n) is 2.11. The molecular formula is C13H16. The number of hydrogen-bond donors (Lipinski definition) is 0. The van der Waals surface area contributed by atoms with Crippen LogP contribution in [0.25, 0.3) is 0 Å². The van der Waals surface area contributed by atoms with E-state index in [2.05, 4.69) is 38.1 Å². The first-order chi connectivity index (χ1) is 6.29. The Hall–Kier alpha value is -1.04. The lowest BCUT2D eigenvalue weighted by Crippen LogP contribution is -1.97. The fourth-order valence-corrected chi connectivity index (χ4v) is 2.11. The van der Waals surface area contributed by atoms with E-state index in [9.17, 15) is 0 Å². The van der Waals surface area contributed by atoms with Crippen molar-refractivity contribution in [1.29, 1.82) is 0 Å². The Labute approximate surface area is 80.3 Å². The standard InChI is InChI=1S/C13H16/c1-10-8-9-11(2)13-7-5-3-4-6-12(10)13/h3-4,8-9H,5-7H2,1-2H3. The number of hydrogen-bond acceptors (Lipinski definition) is 0. The third-order valence-corrected chi connectivity index (χ3v) is 2.95. The van der Waals surface area contributed by atoms with Gasteiger partial charge in [-0.05, 0) is 55.4 Å². The van der Waals surface area contributed by atoms with Gasteiger partial charge in [0.25, 0.3) is 0 Å². The van der Waals surface area contributed by atoms with Gasteiger partial charge in [-0.3, -0.25) is 0 Å². The molecule has 0 nitrogen and oxygen atoms in total. The zero-order chi connectivity index (χ0) is 9.26. The second-order valence-corrected chi connectivity index (χ2v) is 3.87. The molecular weight excluding hydrogens is 156 g/mol. The summed E-state index contributed by atoms with van der Waals surface area (Å²) in [5, 5.41) is 0. The number of fused-ring (bicyclic) bond motifs is 1. The summed E-state index contributed by atoms with van der Waals surface area (Å²) in [6.45, 7) is 4.45. The van der Waals surface area contributed by atoms with E-state index < -0.39 is 0 Å². The van der Waals surface area contributed by atoms with Gasteiger partial charge >= 0.3 is 0 Å². The van der Waals surface area contributed by atoms with E-state index in [0.29, 0.717) is 0 Å². The summed E-state index contributed by atoms with van der Waals surface area (Å²) in [4.78, 5) is 0. The van der Waals surface area contributed by atoms with Crippen molar-refractivity contribution < 1.29 is 0 Å². The van der Waals surface area contributed by atoms with Crippen LogP contribution in [0.3, 0.4) is 0 Å². The predicted octanol–water partition coefficient (Wildman–Crippen LogP) is 3.35. The molecule has 0 aromatic heterocycles. The van der Waals surface area contributed by atoms with Crippen molar-refractivity contribution in [3.8, 4) is 0 Å². The normalized spacial score (nSPS) is 15.2. The van der Waals surface area contributed by atoms with Gasteiger partial charge in [-0.1, -0.05) is 24.3 Å². The van der Waals surface area contributed by atoms with Crippen LogP contribution in [0.4, 0.5) is 0 Å². The summed E-state index contributed by atoms with van der Waals surface area (Å²) in [6, 6.07) is 4.49. The molecule has 1 aliphatic rings. The van der Waals surface area contributed by atoms with Crippen molar-refractivity contribution in [2.75, 3.05) is 0 Å². The molecule has 0 heterocycles. The maximum absolute atomic E-state index is 2.30.